The van der Waals surface area contributed by atoms with Gasteiger partial charge in [0, 0.05) is 16.2 Å². The number of ether oxygens (including phenoxy) is 1. The quantitative estimate of drug-likeness (QED) is 0.835. The van der Waals surface area contributed by atoms with Crippen molar-refractivity contribution in [1.29, 1.82) is 0 Å². The van der Waals surface area contributed by atoms with E-state index in [0.29, 0.717) is 6.04 Å². The molecular weight excluding hydrogens is 302 g/mol. The van der Waals surface area contributed by atoms with Crippen LogP contribution in [0.4, 0.5) is 5.69 Å². The summed E-state index contributed by atoms with van der Waals surface area (Å²) in [7, 11) is 1.69. The molecule has 1 unspecified atom stereocenters. The molecule has 2 rings (SSSR count). The van der Waals surface area contributed by atoms with E-state index in [1.54, 1.807) is 7.11 Å². The Kier molecular flexibility index (Phi) is 4.86. The van der Waals surface area contributed by atoms with E-state index in [0.717, 1.165) is 22.3 Å². The molecule has 0 saturated carbocycles. The molecule has 1 N–H and O–H groups in total. The number of halogens is 1. The third-order valence-corrected chi connectivity index (χ3v) is 3.56. The second-order valence-electron chi connectivity index (χ2n) is 4.39. The molecule has 100 valence electrons. The highest BCUT2D eigenvalue weighted by atomic mass is 79.9. The zero-order valence-corrected chi connectivity index (χ0v) is 12.8. The van der Waals surface area contributed by atoms with Gasteiger partial charge in [0.1, 0.15) is 5.75 Å². The first-order valence-electron chi connectivity index (χ1n) is 6.39. The van der Waals surface area contributed by atoms with Crippen LogP contribution in [0, 0.1) is 0 Å². The molecule has 0 amide bonds. The summed E-state index contributed by atoms with van der Waals surface area (Å²) in [6.45, 7) is 2.18. The lowest BCUT2D eigenvalue weighted by molar-refractivity contribution is 0.415. The molecule has 3 heteroatoms. The lowest BCUT2D eigenvalue weighted by atomic mass is 10.0. The maximum absolute atomic E-state index is 5.25. The molecule has 2 aromatic carbocycles. The molecule has 2 aromatic rings. The van der Waals surface area contributed by atoms with Crippen LogP contribution < -0.4 is 10.1 Å². The van der Waals surface area contributed by atoms with E-state index < -0.39 is 0 Å². The first kappa shape index (κ1) is 13.9. The Morgan fingerprint density at radius 3 is 2.63 bits per heavy atom. The van der Waals surface area contributed by atoms with Gasteiger partial charge in [-0.3, -0.25) is 0 Å². The predicted molar refractivity (Wildman–Crippen MR) is 83.8 cm³/mol. The third kappa shape index (κ3) is 3.74. The van der Waals surface area contributed by atoms with Gasteiger partial charge in [0.2, 0.25) is 0 Å². The standard InChI is InChI=1S/C16H18BrNO/c1-3-16(12-6-4-7-13(17)10-12)18-14-8-5-9-15(11-14)19-2/h4-11,16,18H,3H2,1-2H3. The Hall–Kier alpha value is -1.48. The molecule has 1 atom stereocenters. The topological polar surface area (TPSA) is 21.3 Å². The van der Waals surface area contributed by atoms with Gasteiger partial charge < -0.3 is 10.1 Å². The fraction of sp³-hybridized carbons (Fsp3) is 0.250. The summed E-state index contributed by atoms with van der Waals surface area (Å²) >= 11 is 3.52. The molecular formula is C16H18BrNO. The number of hydrogen-bond donors (Lipinski definition) is 1. The molecule has 0 radical (unpaired) electrons. The van der Waals surface area contributed by atoms with Gasteiger partial charge in [-0.05, 0) is 36.2 Å². The van der Waals surface area contributed by atoms with Crippen molar-refractivity contribution in [1.82, 2.24) is 0 Å². The van der Waals surface area contributed by atoms with Crippen LogP contribution in [-0.4, -0.2) is 7.11 Å². The minimum absolute atomic E-state index is 0.296. The van der Waals surface area contributed by atoms with Crippen molar-refractivity contribution < 1.29 is 4.74 Å². The highest BCUT2D eigenvalue weighted by molar-refractivity contribution is 9.10. The van der Waals surface area contributed by atoms with E-state index in [9.17, 15) is 0 Å². The molecule has 0 aliphatic rings. The Balaban J connectivity index is 2.18. The average Bonchev–Trinajstić information content (AvgIpc) is 2.45. The summed E-state index contributed by atoms with van der Waals surface area (Å²) in [5.74, 6) is 0.870. The lowest BCUT2D eigenvalue weighted by Crippen LogP contribution is -2.09. The number of hydrogen-bond acceptors (Lipinski definition) is 2. The van der Waals surface area contributed by atoms with Crippen LogP contribution in [0.3, 0.4) is 0 Å². The number of benzene rings is 2. The fourth-order valence-electron chi connectivity index (χ4n) is 2.06. The summed E-state index contributed by atoms with van der Waals surface area (Å²) < 4.78 is 6.35. The Morgan fingerprint density at radius 2 is 1.95 bits per heavy atom. The Labute approximate surface area is 122 Å². The minimum Gasteiger partial charge on any atom is -0.497 e. The molecule has 0 saturated heterocycles. The van der Waals surface area contributed by atoms with Crippen molar-refractivity contribution in [2.75, 3.05) is 12.4 Å². The third-order valence-electron chi connectivity index (χ3n) is 3.07. The summed E-state index contributed by atoms with van der Waals surface area (Å²) in [6.07, 6.45) is 1.02. The predicted octanol–water partition coefficient (Wildman–Crippen LogP) is 5.02. The molecule has 2 nitrogen and oxygen atoms in total. The maximum Gasteiger partial charge on any atom is 0.120 e. The van der Waals surface area contributed by atoms with Crippen molar-refractivity contribution in [2.24, 2.45) is 0 Å². The summed E-state index contributed by atoms with van der Waals surface area (Å²) in [6, 6.07) is 16.7. The smallest absolute Gasteiger partial charge is 0.120 e. The molecule has 0 bridgehead atoms. The largest absolute Gasteiger partial charge is 0.497 e. The monoisotopic (exact) mass is 319 g/mol. The van der Waals surface area contributed by atoms with Gasteiger partial charge in [-0.15, -0.1) is 0 Å². The van der Waals surface area contributed by atoms with E-state index in [2.05, 4.69) is 52.4 Å². The molecule has 0 aliphatic carbocycles. The van der Waals surface area contributed by atoms with E-state index >= 15 is 0 Å². The van der Waals surface area contributed by atoms with E-state index in [4.69, 9.17) is 4.74 Å². The van der Waals surface area contributed by atoms with Gasteiger partial charge in [-0.25, -0.2) is 0 Å². The number of nitrogens with one attached hydrogen (secondary N) is 1. The average molecular weight is 320 g/mol. The summed E-state index contributed by atoms with van der Waals surface area (Å²) in [5, 5.41) is 3.55. The van der Waals surface area contributed by atoms with Crippen LogP contribution in [0.2, 0.25) is 0 Å². The highest BCUT2D eigenvalue weighted by Crippen LogP contribution is 2.26. The molecule has 0 heterocycles. The van der Waals surface area contributed by atoms with Gasteiger partial charge in [-0.2, -0.15) is 0 Å². The van der Waals surface area contributed by atoms with Crippen molar-refractivity contribution >= 4 is 21.6 Å². The normalized spacial score (nSPS) is 11.9. The molecule has 0 aromatic heterocycles. The zero-order chi connectivity index (χ0) is 13.7. The SMILES string of the molecule is CCC(Nc1cccc(OC)c1)c1cccc(Br)c1. The lowest BCUT2D eigenvalue weighted by Gasteiger charge is -2.19. The summed E-state index contributed by atoms with van der Waals surface area (Å²) in [4.78, 5) is 0. The van der Waals surface area contributed by atoms with Crippen LogP contribution in [0.25, 0.3) is 0 Å². The molecule has 0 fully saturated rings. The Morgan fingerprint density at radius 1 is 1.16 bits per heavy atom. The van der Waals surface area contributed by atoms with E-state index in [1.165, 1.54) is 5.56 Å². The van der Waals surface area contributed by atoms with E-state index in [1.807, 2.05) is 24.3 Å². The second kappa shape index (κ2) is 6.62. The minimum atomic E-state index is 0.296. The van der Waals surface area contributed by atoms with Crippen molar-refractivity contribution in [3.63, 3.8) is 0 Å². The second-order valence-corrected chi connectivity index (χ2v) is 5.31. The van der Waals surface area contributed by atoms with E-state index in [-0.39, 0.29) is 0 Å². The summed E-state index contributed by atoms with van der Waals surface area (Å²) in [5.41, 5.74) is 2.35. The molecule has 0 spiro atoms. The van der Waals surface area contributed by atoms with Crippen LogP contribution in [0.1, 0.15) is 24.9 Å². The van der Waals surface area contributed by atoms with Crippen molar-refractivity contribution in [2.45, 2.75) is 19.4 Å². The number of anilines is 1. The van der Waals surface area contributed by atoms with Gasteiger partial charge in [0.15, 0.2) is 0 Å². The van der Waals surface area contributed by atoms with Crippen molar-refractivity contribution in [3.8, 4) is 5.75 Å². The van der Waals surface area contributed by atoms with Crippen LogP contribution in [0.5, 0.6) is 5.75 Å². The molecule has 19 heavy (non-hydrogen) atoms. The number of methoxy groups -OCH3 is 1. The highest BCUT2D eigenvalue weighted by Gasteiger charge is 2.09. The van der Waals surface area contributed by atoms with Gasteiger partial charge in [0.25, 0.3) is 0 Å². The van der Waals surface area contributed by atoms with Crippen molar-refractivity contribution in [3.05, 3.63) is 58.6 Å². The van der Waals surface area contributed by atoms with Crippen LogP contribution in [-0.2, 0) is 0 Å². The number of rotatable bonds is 5. The Bertz CT molecular complexity index is 542. The van der Waals surface area contributed by atoms with Crippen LogP contribution >= 0.6 is 15.9 Å². The fourth-order valence-corrected chi connectivity index (χ4v) is 2.48. The van der Waals surface area contributed by atoms with Gasteiger partial charge in [-0.1, -0.05) is 41.1 Å². The first-order chi connectivity index (χ1) is 9.22. The van der Waals surface area contributed by atoms with Gasteiger partial charge in [0.05, 0.1) is 13.2 Å². The van der Waals surface area contributed by atoms with Crippen LogP contribution in [0.15, 0.2) is 53.0 Å². The molecule has 0 aliphatic heterocycles. The first-order valence-corrected chi connectivity index (χ1v) is 7.18. The van der Waals surface area contributed by atoms with Gasteiger partial charge >= 0.3 is 0 Å². The maximum atomic E-state index is 5.25. The zero-order valence-electron chi connectivity index (χ0n) is 11.2.